The first-order valence-electron chi connectivity index (χ1n) is 6.04. The van der Waals surface area contributed by atoms with E-state index in [1.165, 1.54) is 6.07 Å². The zero-order chi connectivity index (χ0) is 14.0. The average Bonchev–Trinajstić information content (AvgIpc) is 2.78. The molecule has 1 saturated heterocycles. The highest BCUT2D eigenvalue weighted by Crippen LogP contribution is 2.20. The number of amides is 1. The van der Waals surface area contributed by atoms with Gasteiger partial charge in [-0.05, 0) is 31.0 Å². The van der Waals surface area contributed by atoms with E-state index < -0.39 is 5.97 Å². The van der Waals surface area contributed by atoms with Crippen LogP contribution in [0.4, 0.5) is 5.69 Å². The molecule has 3 N–H and O–H groups in total. The third kappa shape index (κ3) is 3.08. The Balaban J connectivity index is 2.13. The average molecular weight is 280 g/mol. The first-order chi connectivity index (χ1) is 8.99. The number of carbonyl (C=O) groups excluding carboxylic acids is 1. The fourth-order valence-corrected chi connectivity index (χ4v) is 2.46. The van der Waals surface area contributed by atoms with Gasteiger partial charge >= 0.3 is 5.97 Å². The number of carbonyl (C=O) groups is 2. The number of hydrogen-bond acceptors (Lipinski definition) is 4. The molecule has 6 heteroatoms. The van der Waals surface area contributed by atoms with E-state index in [1.54, 1.807) is 19.1 Å². The Hall–Kier alpha value is -1.53. The molecule has 102 valence electrons. The van der Waals surface area contributed by atoms with Crippen LogP contribution in [0, 0.1) is 6.92 Å². The number of nitrogens with one attached hydrogen (secondary N) is 2. The molecule has 1 aliphatic rings. The van der Waals surface area contributed by atoms with E-state index in [2.05, 4.69) is 23.3 Å². The van der Waals surface area contributed by atoms with Gasteiger partial charge in [-0.1, -0.05) is 6.07 Å². The van der Waals surface area contributed by atoms with Gasteiger partial charge in [0, 0.05) is 17.5 Å². The Kier molecular flexibility index (Phi) is 4.11. The van der Waals surface area contributed by atoms with E-state index in [1.807, 2.05) is 0 Å². The zero-order valence-corrected chi connectivity index (χ0v) is 11.4. The van der Waals surface area contributed by atoms with Crippen molar-refractivity contribution >= 4 is 30.2 Å². The first kappa shape index (κ1) is 13.9. The first-order valence-corrected chi connectivity index (χ1v) is 6.56. The van der Waals surface area contributed by atoms with Crippen molar-refractivity contribution in [1.82, 2.24) is 5.32 Å². The number of anilines is 1. The van der Waals surface area contributed by atoms with Crippen molar-refractivity contribution in [1.29, 1.82) is 0 Å². The normalized spacial score (nSPS) is 22.2. The minimum atomic E-state index is -0.997. The Bertz CT molecular complexity index is 519. The number of rotatable bonds is 3. The Morgan fingerprint density at radius 1 is 1.47 bits per heavy atom. The summed E-state index contributed by atoms with van der Waals surface area (Å²) in [5, 5.41) is 15.1. The smallest absolute Gasteiger partial charge is 0.336 e. The highest BCUT2D eigenvalue weighted by molar-refractivity contribution is 7.81. The van der Waals surface area contributed by atoms with Gasteiger partial charge in [-0.25, -0.2) is 4.79 Å². The summed E-state index contributed by atoms with van der Waals surface area (Å²) < 4.78 is 0. The van der Waals surface area contributed by atoms with Crippen LogP contribution in [0.1, 0.15) is 22.3 Å². The standard InChI is InChI=1S/C13H16N2O3S/c1-7-9(13(17)18)3-2-4-10(7)15-12(16)11-5-8(19)6-14-11/h2-4,8,11,14,19H,5-6H2,1H3,(H,15,16)(H,17,18)/t8-,11-/m0/s1. The molecule has 1 aromatic rings. The van der Waals surface area contributed by atoms with Gasteiger partial charge in [0.05, 0.1) is 11.6 Å². The molecule has 2 rings (SSSR count). The van der Waals surface area contributed by atoms with E-state index in [4.69, 9.17) is 5.11 Å². The SMILES string of the molecule is Cc1c(NC(=O)[C@@H]2C[C@H](S)CN2)cccc1C(=O)O. The number of carboxylic acids is 1. The van der Waals surface area contributed by atoms with E-state index in [-0.39, 0.29) is 22.8 Å². The lowest BCUT2D eigenvalue weighted by atomic mass is 10.1. The molecule has 1 fully saturated rings. The molecule has 0 saturated carbocycles. The summed E-state index contributed by atoms with van der Waals surface area (Å²) in [6, 6.07) is 4.57. The fourth-order valence-electron chi connectivity index (χ4n) is 2.14. The molecular formula is C13H16N2O3S. The predicted molar refractivity (Wildman–Crippen MR) is 75.9 cm³/mol. The van der Waals surface area contributed by atoms with Crippen LogP contribution >= 0.6 is 12.6 Å². The summed E-state index contributed by atoms with van der Waals surface area (Å²) in [6.45, 7) is 2.39. The summed E-state index contributed by atoms with van der Waals surface area (Å²) in [5.41, 5.74) is 1.29. The lowest BCUT2D eigenvalue weighted by molar-refractivity contribution is -0.117. The van der Waals surface area contributed by atoms with Crippen LogP contribution in [0.15, 0.2) is 18.2 Å². The lowest BCUT2D eigenvalue weighted by Gasteiger charge is -2.14. The van der Waals surface area contributed by atoms with Crippen molar-refractivity contribution in [2.45, 2.75) is 24.6 Å². The number of benzene rings is 1. The second-order valence-electron chi connectivity index (χ2n) is 4.62. The molecule has 5 nitrogen and oxygen atoms in total. The van der Waals surface area contributed by atoms with Crippen molar-refractivity contribution < 1.29 is 14.7 Å². The molecule has 1 amide bonds. The van der Waals surface area contributed by atoms with Crippen LogP contribution < -0.4 is 10.6 Å². The van der Waals surface area contributed by atoms with Gasteiger partial charge in [-0.3, -0.25) is 4.79 Å². The van der Waals surface area contributed by atoms with Crippen molar-refractivity contribution in [3.63, 3.8) is 0 Å². The van der Waals surface area contributed by atoms with Crippen LogP contribution in [0.5, 0.6) is 0 Å². The number of aromatic carboxylic acids is 1. The monoisotopic (exact) mass is 280 g/mol. The molecule has 1 aliphatic heterocycles. The highest BCUT2D eigenvalue weighted by atomic mass is 32.1. The third-order valence-electron chi connectivity index (χ3n) is 3.25. The van der Waals surface area contributed by atoms with Crippen LogP contribution in [0.2, 0.25) is 0 Å². The highest BCUT2D eigenvalue weighted by Gasteiger charge is 2.27. The maximum absolute atomic E-state index is 12.0. The van der Waals surface area contributed by atoms with Gasteiger partial charge in [0.15, 0.2) is 0 Å². The molecule has 0 spiro atoms. The van der Waals surface area contributed by atoms with E-state index in [9.17, 15) is 9.59 Å². The molecular weight excluding hydrogens is 264 g/mol. The molecule has 0 aromatic heterocycles. The number of hydrogen-bond donors (Lipinski definition) is 4. The van der Waals surface area contributed by atoms with Crippen molar-refractivity contribution in [2.75, 3.05) is 11.9 Å². The van der Waals surface area contributed by atoms with Crippen molar-refractivity contribution in [3.05, 3.63) is 29.3 Å². The summed E-state index contributed by atoms with van der Waals surface area (Å²) in [6.07, 6.45) is 0.673. The molecule has 0 unspecified atom stereocenters. The summed E-state index contributed by atoms with van der Waals surface area (Å²) >= 11 is 4.32. The van der Waals surface area contributed by atoms with Crippen LogP contribution in [0.3, 0.4) is 0 Å². The van der Waals surface area contributed by atoms with Gasteiger partial charge in [-0.2, -0.15) is 12.6 Å². The summed E-state index contributed by atoms with van der Waals surface area (Å²) in [4.78, 5) is 23.1. The predicted octanol–water partition coefficient (Wildman–Crippen LogP) is 1.29. The van der Waals surface area contributed by atoms with Crippen LogP contribution in [-0.2, 0) is 4.79 Å². The largest absolute Gasteiger partial charge is 0.478 e. The van der Waals surface area contributed by atoms with Crippen molar-refractivity contribution in [3.8, 4) is 0 Å². The molecule has 0 radical (unpaired) electrons. The fraction of sp³-hybridized carbons (Fsp3) is 0.385. The maximum Gasteiger partial charge on any atom is 0.336 e. The van der Waals surface area contributed by atoms with Gasteiger partial charge in [0.1, 0.15) is 0 Å². The minimum Gasteiger partial charge on any atom is -0.478 e. The Morgan fingerprint density at radius 2 is 2.21 bits per heavy atom. The molecule has 2 atom stereocenters. The number of thiol groups is 1. The van der Waals surface area contributed by atoms with Gasteiger partial charge in [0.25, 0.3) is 0 Å². The van der Waals surface area contributed by atoms with Gasteiger partial charge < -0.3 is 15.7 Å². The molecule has 1 heterocycles. The Labute approximate surface area is 116 Å². The van der Waals surface area contributed by atoms with Crippen LogP contribution in [-0.4, -0.2) is 34.8 Å². The van der Waals surface area contributed by atoms with Gasteiger partial charge in [0.2, 0.25) is 5.91 Å². The van der Waals surface area contributed by atoms with E-state index in [0.717, 1.165) is 0 Å². The lowest BCUT2D eigenvalue weighted by Crippen LogP contribution is -2.35. The van der Waals surface area contributed by atoms with E-state index >= 15 is 0 Å². The summed E-state index contributed by atoms with van der Waals surface area (Å²) in [5.74, 6) is -1.15. The molecule has 19 heavy (non-hydrogen) atoms. The van der Waals surface area contributed by atoms with Crippen LogP contribution in [0.25, 0.3) is 0 Å². The van der Waals surface area contributed by atoms with Gasteiger partial charge in [-0.15, -0.1) is 0 Å². The minimum absolute atomic E-state index is 0.151. The number of carboxylic acid groups (broad SMARTS) is 1. The Morgan fingerprint density at radius 3 is 2.79 bits per heavy atom. The second kappa shape index (κ2) is 5.63. The molecule has 0 aliphatic carbocycles. The zero-order valence-electron chi connectivity index (χ0n) is 10.5. The third-order valence-corrected chi connectivity index (χ3v) is 3.64. The molecule has 1 aromatic carbocycles. The quantitative estimate of drug-likeness (QED) is 0.629. The topological polar surface area (TPSA) is 78.4 Å². The molecule has 0 bridgehead atoms. The summed E-state index contributed by atoms with van der Waals surface area (Å²) in [7, 11) is 0. The second-order valence-corrected chi connectivity index (χ2v) is 5.35. The maximum atomic E-state index is 12.0. The van der Waals surface area contributed by atoms with Crippen molar-refractivity contribution in [2.24, 2.45) is 0 Å². The van der Waals surface area contributed by atoms with E-state index in [0.29, 0.717) is 24.2 Å².